The van der Waals surface area contributed by atoms with Gasteiger partial charge in [-0.3, -0.25) is 10.4 Å². The third-order valence-electron chi connectivity index (χ3n) is 1.06. The van der Waals surface area contributed by atoms with Gasteiger partial charge in [0.1, 0.15) is 5.71 Å². The third-order valence-corrected chi connectivity index (χ3v) is 1.06. The fraction of sp³-hybridized carbons (Fsp3) is 0.200. The number of hydrogen-bond acceptors (Lipinski definition) is 4. The number of nitroso groups, excluding NO2 is 1. The van der Waals surface area contributed by atoms with Crippen LogP contribution in [0.15, 0.2) is 22.6 Å². The fourth-order valence-corrected chi connectivity index (χ4v) is 0.579. The molecule has 0 amide bonds. The molecule has 0 radical (unpaired) electrons. The van der Waals surface area contributed by atoms with E-state index in [0.29, 0.717) is 12.3 Å². The van der Waals surface area contributed by atoms with Gasteiger partial charge in [-0.15, -0.1) is 4.91 Å². The molecule has 0 fully saturated rings. The molecular formula is C5H6N4O. The fourth-order valence-electron chi connectivity index (χ4n) is 0.579. The molecule has 2 N–H and O–H groups in total. The molecule has 0 aromatic rings. The predicted octanol–water partition coefficient (Wildman–Crippen LogP) is 0.245. The van der Waals surface area contributed by atoms with Crippen molar-refractivity contribution in [3.63, 3.8) is 0 Å². The molecule has 0 saturated carbocycles. The smallest absolute Gasteiger partial charge is 0.212 e. The van der Waals surface area contributed by atoms with Crippen molar-refractivity contribution in [1.82, 2.24) is 5.32 Å². The molecule has 0 aromatic heterocycles. The zero-order valence-electron chi connectivity index (χ0n) is 5.16. The third kappa shape index (κ3) is 1.25. The van der Waals surface area contributed by atoms with Crippen LogP contribution in [-0.2, 0) is 0 Å². The van der Waals surface area contributed by atoms with E-state index in [2.05, 4.69) is 15.5 Å². The second-order valence-electron chi connectivity index (χ2n) is 1.71. The average Bonchev–Trinajstić information content (AvgIpc) is 2.05. The maximum atomic E-state index is 9.80. The zero-order valence-corrected chi connectivity index (χ0v) is 5.16. The Hall–Kier alpha value is -1.52. The highest BCUT2D eigenvalue weighted by atomic mass is 16.3. The van der Waals surface area contributed by atoms with Crippen LogP contribution in [0.2, 0.25) is 0 Å². The van der Waals surface area contributed by atoms with E-state index in [1.54, 1.807) is 6.20 Å². The standard InChI is InChI=1S/C5H6N4O/c6-5(9-10)4-3-7-1-2-8-4/h1-2,6-7H,3H2. The molecule has 0 aliphatic carbocycles. The van der Waals surface area contributed by atoms with Crippen molar-refractivity contribution in [2.75, 3.05) is 6.54 Å². The summed E-state index contributed by atoms with van der Waals surface area (Å²) in [5.41, 5.74) is 0.373. The van der Waals surface area contributed by atoms with Crippen molar-refractivity contribution in [2.24, 2.45) is 10.2 Å². The normalized spacial score (nSPS) is 15.4. The van der Waals surface area contributed by atoms with Gasteiger partial charge in [-0.2, -0.15) is 0 Å². The molecule has 0 atom stereocenters. The summed E-state index contributed by atoms with van der Waals surface area (Å²) < 4.78 is 0. The van der Waals surface area contributed by atoms with E-state index in [1.165, 1.54) is 6.20 Å². The van der Waals surface area contributed by atoms with Crippen LogP contribution in [0.4, 0.5) is 0 Å². The quantitative estimate of drug-likeness (QED) is 0.309. The van der Waals surface area contributed by atoms with E-state index in [1.807, 2.05) is 0 Å². The highest BCUT2D eigenvalue weighted by Crippen LogP contribution is 1.89. The minimum atomic E-state index is -0.308. The largest absolute Gasteiger partial charge is 0.384 e. The van der Waals surface area contributed by atoms with E-state index in [0.717, 1.165) is 0 Å². The lowest BCUT2D eigenvalue weighted by Crippen LogP contribution is -2.26. The van der Waals surface area contributed by atoms with E-state index in [9.17, 15) is 4.91 Å². The van der Waals surface area contributed by atoms with Crippen LogP contribution < -0.4 is 5.32 Å². The minimum absolute atomic E-state index is 0.308. The SMILES string of the molecule is N=C(N=O)C1=NC=CNC1. The van der Waals surface area contributed by atoms with Crippen molar-refractivity contribution >= 4 is 11.5 Å². The maximum Gasteiger partial charge on any atom is 0.212 e. The van der Waals surface area contributed by atoms with E-state index in [-0.39, 0.29) is 5.84 Å². The first-order valence-corrected chi connectivity index (χ1v) is 2.72. The Morgan fingerprint density at radius 3 is 3.20 bits per heavy atom. The summed E-state index contributed by atoms with van der Waals surface area (Å²) in [6.45, 7) is 0.404. The first-order valence-electron chi connectivity index (χ1n) is 2.72. The van der Waals surface area contributed by atoms with Gasteiger partial charge in [-0.25, -0.2) is 0 Å². The molecule has 1 heterocycles. The number of nitrogens with one attached hydrogen (secondary N) is 2. The number of amidine groups is 1. The molecule has 0 aromatic carbocycles. The van der Waals surface area contributed by atoms with Crippen molar-refractivity contribution in [3.05, 3.63) is 17.3 Å². The summed E-state index contributed by atoms with van der Waals surface area (Å²) in [5.74, 6) is -0.308. The van der Waals surface area contributed by atoms with Crippen molar-refractivity contribution in [2.45, 2.75) is 0 Å². The first kappa shape index (κ1) is 6.60. The Balaban J connectivity index is 2.71. The Bertz CT molecular complexity index is 218. The lowest BCUT2D eigenvalue weighted by molar-refractivity contribution is 0.993. The van der Waals surface area contributed by atoms with Crippen LogP contribution in [0.25, 0.3) is 0 Å². The molecule has 5 heteroatoms. The van der Waals surface area contributed by atoms with Crippen molar-refractivity contribution < 1.29 is 0 Å². The Labute approximate surface area is 57.3 Å². The van der Waals surface area contributed by atoms with Gasteiger partial charge in [0.25, 0.3) is 0 Å². The monoisotopic (exact) mass is 138 g/mol. The van der Waals surface area contributed by atoms with E-state index >= 15 is 0 Å². The highest BCUT2D eigenvalue weighted by Gasteiger charge is 2.06. The lowest BCUT2D eigenvalue weighted by Gasteiger charge is -2.04. The van der Waals surface area contributed by atoms with Crippen LogP contribution >= 0.6 is 0 Å². The number of aliphatic imine (C=N–C) groups is 1. The molecule has 0 unspecified atom stereocenters. The molecule has 1 aliphatic heterocycles. The molecule has 0 bridgehead atoms. The van der Waals surface area contributed by atoms with Gasteiger partial charge in [0.15, 0.2) is 0 Å². The molecule has 10 heavy (non-hydrogen) atoms. The Kier molecular flexibility index (Phi) is 1.89. The minimum Gasteiger partial charge on any atom is -0.384 e. The summed E-state index contributed by atoms with van der Waals surface area (Å²) in [7, 11) is 0. The Morgan fingerprint density at radius 2 is 2.70 bits per heavy atom. The highest BCUT2D eigenvalue weighted by molar-refractivity contribution is 6.41. The topological polar surface area (TPSA) is 77.7 Å². The number of rotatable bonds is 1. The summed E-state index contributed by atoms with van der Waals surface area (Å²) >= 11 is 0. The summed E-state index contributed by atoms with van der Waals surface area (Å²) in [6.07, 6.45) is 3.13. The molecule has 0 saturated heterocycles. The van der Waals surface area contributed by atoms with Crippen LogP contribution in [0, 0.1) is 10.3 Å². The summed E-state index contributed by atoms with van der Waals surface area (Å²) in [4.78, 5) is 13.6. The van der Waals surface area contributed by atoms with Gasteiger partial charge in [-0.05, 0) is 5.18 Å². The predicted molar refractivity (Wildman–Crippen MR) is 38.1 cm³/mol. The summed E-state index contributed by atoms with van der Waals surface area (Å²) in [6, 6.07) is 0. The number of hydrogen-bond donors (Lipinski definition) is 2. The summed E-state index contributed by atoms with van der Waals surface area (Å²) in [5, 5.41) is 12.2. The van der Waals surface area contributed by atoms with Crippen LogP contribution in [0.5, 0.6) is 0 Å². The molecule has 1 rings (SSSR count). The molecule has 1 aliphatic rings. The van der Waals surface area contributed by atoms with Gasteiger partial charge in [0.2, 0.25) is 5.84 Å². The van der Waals surface area contributed by atoms with Crippen LogP contribution in [-0.4, -0.2) is 18.1 Å². The average molecular weight is 138 g/mol. The maximum absolute atomic E-state index is 9.80. The molecule has 5 nitrogen and oxygen atoms in total. The Morgan fingerprint density at radius 1 is 1.90 bits per heavy atom. The van der Waals surface area contributed by atoms with Crippen LogP contribution in [0.3, 0.4) is 0 Å². The zero-order chi connectivity index (χ0) is 7.40. The van der Waals surface area contributed by atoms with Gasteiger partial charge in [0.05, 0.1) is 6.54 Å². The second-order valence-corrected chi connectivity index (χ2v) is 1.71. The van der Waals surface area contributed by atoms with Crippen molar-refractivity contribution in [1.29, 1.82) is 5.41 Å². The molecule has 52 valence electrons. The van der Waals surface area contributed by atoms with Gasteiger partial charge >= 0.3 is 0 Å². The van der Waals surface area contributed by atoms with E-state index < -0.39 is 0 Å². The van der Waals surface area contributed by atoms with Gasteiger partial charge < -0.3 is 5.32 Å². The van der Waals surface area contributed by atoms with Crippen molar-refractivity contribution in [3.8, 4) is 0 Å². The molecular weight excluding hydrogens is 132 g/mol. The molecule has 0 spiro atoms. The van der Waals surface area contributed by atoms with Gasteiger partial charge in [-0.1, -0.05) is 0 Å². The first-order chi connectivity index (χ1) is 4.84. The lowest BCUT2D eigenvalue weighted by atomic mass is 10.3. The second kappa shape index (κ2) is 2.86. The van der Waals surface area contributed by atoms with Gasteiger partial charge in [0, 0.05) is 12.4 Å². The van der Waals surface area contributed by atoms with Crippen LogP contribution in [0.1, 0.15) is 0 Å². The van der Waals surface area contributed by atoms with E-state index in [4.69, 9.17) is 5.41 Å². The number of nitrogens with zero attached hydrogens (tertiary/aromatic N) is 2.